The summed E-state index contributed by atoms with van der Waals surface area (Å²) in [5, 5.41) is -1.04. The van der Waals surface area contributed by atoms with Gasteiger partial charge in [-0.05, 0) is 0 Å². The van der Waals surface area contributed by atoms with Gasteiger partial charge in [-0.15, -0.1) is 0 Å². The van der Waals surface area contributed by atoms with Crippen LogP contribution in [0, 0.1) is 0 Å². The van der Waals surface area contributed by atoms with Crippen LogP contribution in [0.5, 0.6) is 0 Å². The zero-order valence-electron chi connectivity index (χ0n) is 16.8. The van der Waals surface area contributed by atoms with Gasteiger partial charge in [0.25, 0.3) is 0 Å². The first-order valence-corrected chi connectivity index (χ1v) is 11.9. The maximum absolute atomic E-state index is 12.9. The van der Waals surface area contributed by atoms with E-state index in [-0.39, 0.29) is 16.7 Å². The summed E-state index contributed by atoms with van der Waals surface area (Å²) < 4.78 is 36.4. The fourth-order valence-electron chi connectivity index (χ4n) is 4.04. The lowest BCUT2D eigenvalue weighted by molar-refractivity contribution is -0.166. The van der Waals surface area contributed by atoms with Crippen LogP contribution >= 0.6 is 0 Å². The van der Waals surface area contributed by atoms with Crippen LogP contribution in [0.25, 0.3) is 0 Å². The van der Waals surface area contributed by atoms with Crippen LogP contribution in [0.1, 0.15) is 55.4 Å². The lowest BCUT2D eigenvalue weighted by Gasteiger charge is -2.53. The molecule has 2 fully saturated rings. The van der Waals surface area contributed by atoms with Crippen LogP contribution in [0.2, 0.25) is 10.1 Å². The number of esters is 2. The second kappa shape index (κ2) is 6.99. The normalized spacial score (nSPS) is 34.1. The van der Waals surface area contributed by atoms with Gasteiger partial charge in [0.15, 0.2) is 6.10 Å². The summed E-state index contributed by atoms with van der Waals surface area (Å²) in [7, 11) is -4.41. The van der Waals surface area contributed by atoms with Crippen molar-refractivity contribution in [3.63, 3.8) is 0 Å². The smallest absolute Gasteiger partial charge is 0.349 e. The Labute approximate surface area is 158 Å². The van der Waals surface area contributed by atoms with Gasteiger partial charge in [0.1, 0.15) is 6.10 Å². The van der Waals surface area contributed by atoms with Crippen LogP contribution in [0.3, 0.4) is 0 Å². The van der Waals surface area contributed by atoms with Crippen LogP contribution in [-0.4, -0.2) is 54.2 Å². The average Bonchev–Trinajstić information content (AvgIpc) is 2.69. The van der Waals surface area contributed by atoms with E-state index < -0.39 is 54.2 Å². The largest absolute Gasteiger partial charge is 0.455 e. The molecule has 0 radical (unpaired) electrons. The Morgan fingerprint density at radius 1 is 1.00 bits per heavy atom. The van der Waals surface area contributed by atoms with Gasteiger partial charge in [0.05, 0.1) is 22.7 Å². The summed E-state index contributed by atoms with van der Waals surface area (Å²) in [6.07, 6.45) is -1.52. The molecule has 2 heterocycles. The monoisotopic (exact) mass is 406 g/mol. The molecule has 5 atom stereocenters. The molecular formula is C17H30O7SSi. The highest BCUT2D eigenvalue weighted by molar-refractivity contribution is 7.86. The number of ether oxygens (including phenoxy) is 2. The standard InChI is InChI=1S/C17H30O7SSi/c1-10(18)22-14-13-12(25(20)15(14)23-11(2)19)9-21-26(24-13,16(3,4)5)17(6,7)8/h12-15H,9H2,1-8H3/t12-,13-,14-,15?,25?/m1/s1. The van der Waals surface area contributed by atoms with Gasteiger partial charge in [-0.2, -0.15) is 0 Å². The molecule has 0 aromatic rings. The average molecular weight is 407 g/mol. The van der Waals surface area contributed by atoms with E-state index in [9.17, 15) is 13.8 Å². The SMILES string of the molecule is CC(=O)OC1[C@H](OC(C)=O)[C@@H]2O[Si](C(C)(C)C)(C(C)(C)C)OC[C@H]2S1=O. The van der Waals surface area contributed by atoms with Gasteiger partial charge in [-0.1, -0.05) is 41.5 Å². The Kier molecular flexibility index (Phi) is 5.79. The molecule has 0 aromatic heterocycles. The van der Waals surface area contributed by atoms with Gasteiger partial charge < -0.3 is 18.3 Å². The highest BCUT2D eigenvalue weighted by Crippen LogP contribution is 2.55. The molecule has 0 saturated carbocycles. The molecule has 7 nitrogen and oxygen atoms in total. The van der Waals surface area contributed by atoms with E-state index in [1.165, 1.54) is 13.8 Å². The predicted octanol–water partition coefficient (Wildman–Crippen LogP) is 2.40. The van der Waals surface area contributed by atoms with Crippen LogP contribution < -0.4 is 0 Å². The molecule has 2 aliphatic heterocycles. The van der Waals surface area contributed by atoms with Crippen LogP contribution in [-0.2, 0) is 38.7 Å². The highest BCUT2D eigenvalue weighted by atomic mass is 32.2. The van der Waals surface area contributed by atoms with E-state index in [0.29, 0.717) is 0 Å². The zero-order chi connectivity index (χ0) is 20.1. The van der Waals surface area contributed by atoms with E-state index in [1.54, 1.807) is 0 Å². The van der Waals surface area contributed by atoms with E-state index in [4.69, 9.17) is 18.3 Å². The molecule has 150 valence electrons. The van der Waals surface area contributed by atoms with Gasteiger partial charge in [-0.25, -0.2) is 0 Å². The summed E-state index contributed by atoms with van der Waals surface area (Å²) in [4.78, 5) is 23.1. The summed E-state index contributed by atoms with van der Waals surface area (Å²) >= 11 is 0. The Balaban J connectivity index is 2.46. The molecule has 26 heavy (non-hydrogen) atoms. The summed E-state index contributed by atoms with van der Waals surface area (Å²) in [5.41, 5.74) is -1.04. The third-order valence-corrected chi connectivity index (χ3v) is 11.7. The van der Waals surface area contributed by atoms with E-state index in [1.807, 2.05) is 0 Å². The zero-order valence-corrected chi connectivity index (χ0v) is 18.6. The quantitative estimate of drug-likeness (QED) is 0.514. The number of hydrogen-bond acceptors (Lipinski definition) is 7. The third-order valence-electron chi connectivity index (χ3n) is 4.80. The van der Waals surface area contributed by atoms with E-state index in [2.05, 4.69) is 41.5 Å². The molecule has 0 N–H and O–H groups in total. The summed E-state index contributed by atoms with van der Waals surface area (Å²) in [5.74, 6) is -1.10. The molecule has 0 aliphatic carbocycles. The first-order chi connectivity index (χ1) is 11.7. The maximum atomic E-state index is 12.9. The second-order valence-electron chi connectivity index (χ2n) is 8.93. The Hall–Kier alpha value is -0.773. The minimum atomic E-state index is -2.83. The van der Waals surface area contributed by atoms with Crippen molar-refractivity contribution in [1.82, 2.24) is 0 Å². The Bertz CT molecular complexity index is 593. The Morgan fingerprint density at radius 3 is 1.92 bits per heavy atom. The lowest BCUT2D eigenvalue weighted by atomic mass is 10.1. The van der Waals surface area contributed by atoms with E-state index in [0.717, 1.165) is 0 Å². The third kappa shape index (κ3) is 3.63. The molecule has 0 aromatic carbocycles. The number of rotatable bonds is 2. The molecule has 2 aliphatic rings. The van der Waals surface area contributed by atoms with Crippen molar-refractivity contribution in [3.8, 4) is 0 Å². The number of fused-ring (bicyclic) bond motifs is 1. The van der Waals surface area contributed by atoms with Crippen molar-refractivity contribution in [2.75, 3.05) is 6.61 Å². The van der Waals surface area contributed by atoms with Crippen LogP contribution in [0.4, 0.5) is 0 Å². The lowest BCUT2D eigenvalue weighted by Crippen LogP contribution is -2.65. The van der Waals surface area contributed by atoms with Crippen molar-refractivity contribution in [1.29, 1.82) is 0 Å². The maximum Gasteiger partial charge on any atom is 0.349 e. The minimum absolute atomic E-state index is 0.230. The molecule has 0 amide bonds. The van der Waals surface area contributed by atoms with Crippen molar-refractivity contribution < 1.29 is 32.1 Å². The predicted molar refractivity (Wildman–Crippen MR) is 99.0 cm³/mol. The highest BCUT2D eigenvalue weighted by Gasteiger charge is 2.67. The molecular weight excluding hydrogens is 376 g/mol. The first-order valence-electron chi connectivity index (χ1n) is 8.77. The van der Waals surface area contributed by atoms with Gasteiger partial charge in [0.2, 0.25) is 5.44 Å². The molecule has 2 rings (SSSR count). The molecule has 2 saturated heterocycles. The fraction of sp³-hybridized carbons (Fsp3) is 0.882. The van der Waals surface area contributed by atoms with Crippen molar-refractivity contribution in [2.24, 2.45) is 0 Å². The van der Waals surface area contributed by atoms with Gasteiger partial charge in [-0.3, -0.25) is 13.8 Å². The summed E-state index contributed by atoms with van der Waals surface area (Å²) in [6.45, 7) is 15.2. The number of carbonyl (C=O) groups is 2. The van der Waals surface area contributed by atoms with Crippen LogP contribution in [0.15, 0.2) is 0 Å². The Morgan fingerprint density at radius 2 is 1.50 bits per heavy atom. The van der Waals surface area contributed by atoms with Crippen molar-refractivity contribution in [2.45, 2.75) is 88.4 Å². The molecule has 0 bridgehead atoms. The fourth-order valence-corrected chi connectivity index (χ4v) is 11.0. The van der Waals surface area contributed by atoms with E-state index >= 15 is 0 Å². The summed E-state index contributed by atoms with van der Waals surface area (Å²) in [6, 6.07) is 0. The van der Waals surface area contributed by atoms with Gasteiger partial charge in [0, 0.05) is 23.9 Å². The molecule has 2 unspecified atom stereocenters. The van der Waals surface area contributed by atoms with Gasteiger partial charge >= 0.3 is 20.5 Å². The number of carbonyl (C=O) groups excluding carboxylic acids is 2. The molecule has 9 heteroatoms. The van der Waals surface area contributed by atoms with Crippen molar-refractivity contribution >= 4 is 31.3 Å². The minimum Gasteiger partial charge on any atom is -0.455 e. The second-order valence-corrected chi connectivity index (χ2v) is 15.4. The first kappa shape index (κ1) is 21.5. The van der Waals surface area contributed by atoms with Crippen molar-refractivity contribution in [3.05, 3.63) is 0 Å². The molecule has 0 spiro atoms. The number of hydrogen-bond donors (Lipinski definition) is 0. The topological polar surface area (TPSA) is 88.1 Å².